The Bertz CT molecular complexity index is 477. The van der Waals surface area contributed by atoms with E-state index in [1.807, 2.05) is 6.07 Å². The minimum Gasteiger partial charge on any atom is -0.383 e. The number of aromatic nitrogens is 1. The molecule has 0 spiro atoms. The van der Waals surface area contributed by atoms with E-state index < -0.39 is 0 Å². The largest absolute Gasteiger partial charge is 0.383 e. The van der Waals surface area contributed by atoms with E-state index >= 15 is 0 Å². The molecular formula is C8H6ClN3S. The Hall–Kier alpha value is -1.13. The maximum atomic E-state index is 7.31. The van der Waals surface area contributed by atoms with Gasteiger partial charge < -0.3 is 5.73 Å². The van der Waals surface area contributed by atoms with Crippen molar-refractivity contribution in [1.82, 2.24) is 4.37 Å². The van der Waals surface area contributed by atoms with Gasteiger partial charge in [0.05, 0.1) is 10.4 Å². The molecule has 0 unspecified atom stereocenters. The van der Waals surface area contributed by atoms with E-state index in [1.165, 1.54) is 11.5 Å². The lowest BCUT2D eigenvalue weighted by molar-refractivity contribution is 1.46. The summed E-state index contributed by atoms with van der Waals surface area (Å²) in [6.07, 6.45) is 0. The maximum Gasteiger partial charge on any atom is 0.135 e. The third-order valence-corrected chi connectivity index (χ3v) is 2.83. The van der Waals surface area contributed by atoms with E-state index in [2.05, 4.69) is 4.37 Å². The van der Waals surface area contributed by atoms with Gasteiger partial charge in [0.25, 0.3) is 0 Å². The van der Waals surface area contributed by atoms with Crippen LogP contribution < -0.4 is 5.73 Å². The molecule has 0 aliphatic carbocycles. The van der Waals surface area contributed by atoms with E-state index in [4.69, 9.17) is 22.7 Å². The molecule has 13 heavy (non-hydrogen) atoms. The number of nitrogens with two attached hydrogens (primary N) is 1. The number of fused-ring (bicyclic) bond motifs is 1. The summed E-state index contributed by atoms with van der Waals surface area (Å²) in [7, 11) is 0. The molecule has 1 heterocycles. The molecule has 0 bridgehead atoms. The fourth-order valence-electron chi connectivity index (χ4n) is 1.11. The summed E-state index contributed by atoms with van der Waals surface area (Å²) < 4.78 is 4.14. The number of hydrogen-bond donors (Lipinski definition) is 2. The summed E-state index contributed by atoms with van der Waals surface area (Å²) >= 11 is 7.04. The highest BCUT2D eigenvalue weighted by atomic mass is 35.5. The highest BCUT2D eigenvalue weighted by Crippen LogP contribution is 2.24. The number of nitrogen functional groups attached to an aromatic ring is 1. The van der Waals surface area contributed by atoms with Gasteiger partial charge in [-0.15, -0.1) is 0 Å². The fourth-order valence-corrected chi connectivity index (χ4v) is 1.99. The van der Waals surface area contributed by atoms with Gasteiger partial charge in [0, 0.05) is 10.4 Å². The zero-order valence-corrected chi connectivity index (χ0v) is 8.12. The monoisotopic (exact) mass is 211 g/mol. The summed E-state index contributed by atoms with van der Waals surface area (Å²) in [4.78, 5) is 0.678. The van der Waals surface area contributed by atoms with E-state index in [0.29, 0.717) is 9.90 Å². The van der Waals surface area contributed by atoms with Crippen molar-refractivity contribution in [3.05, 3.63) is 28.1 Å². The first-order valence-electron chi connectivity index (χ1n) is 3.58. The van der Waals surface area contributed by atoms with Crippen molar-refractivity contribution in [3.8, 4) is 0 Å². The van der Waals surface area contributed by atoms with Crippen LogP contribution in [-0.2, 0) is 0 Å². The fraction of sp³-hybridized carbons (Fsp3) is 0. The van der Waals surface area contributed by atoms with Crippen LogP contribution in [0.5, 0.6) is 0 Å². The average Bonchev–Trinajstić information content (AvgIpc) is 2.46. The van der Waals surface area contributed by atoms with Crippen LogP contribution in [0.25, 0.3) is 10.9 Å². The highest BCUT2D eigenvalue weighted by Gasteiger charge is 2.08. The van der Waals surface area contributed by atoms with Crippen molar-refractivity contribution >= 4 is 39.9 Å². The number of halogens is 1. The van der Waals surface area contributed by atoms with E-state index in [-0.39, 0.29) is 5.84 Å². The lowest BCUT2D eigenvalue weighted by atomic mass is 10.2. The summed E-state index contributed by atoms with van der Waals surface area (Å²) in [5.74, 6) is 0.0368. The minimum atomic E-state index is 0.0368. The molecule has 2 rings (SSSR count). The number of nitrogens with one attached hydrogen (secondary N) is 1. The SMILES string of the molecule is N=C(N)c1snc2ccc(Cl)cc12. The molecule has 5 heteroatoms. The normalized spacial score (nSPS) is 10.5. The van der Waals surface area contributed by atoms with Crippen molar-refractivity contribution in [3.63, 3.8) is 0 Å². The number of amidine groups is 1. The first-order valence-corrected chi connectivity index (χ1v) is 4.73. The van der Waals surface area contributed by atoms with Gasteiger partial charge in [-0.05, 0) is 29.7 Å². The zero-order valence-electron chi connectivity index (χ0n) is 6.54. The van der Waals surface area contributed by atoms with Crippen LogP contribution in [0, 0.1) is 5.41 Å². The van der Waals surface area contributed by atoms with Gasteiger partial charge in [-0.25, -0.2) is 0 Å². The minimum absolute atomic E-state index is 0.0368. The molecule has 2 aromatic rings. The van der Waals surface area contributed by atoms with Gasteiger partial charge in [0.15, 0.2) is 0 Å². The second kappa shape index (κ2) is 2.97. The Morgan fingerprint density at radius 3 is 3.00 bits per heavy atom. The van der Waals surface area contributed by atoms with Gasteiger partial charge in [-0.2, -0.15) is 4.37 Å². The van der Waals surface area contributed by atoms with Gasteiger partial charge >= 0.3 is 0 Å². The Balaban J connectivity index is 2.79. The lowest BCUT2D eigenvalue weighted by Gasteiger charge is -1.93. The molecule has 0 aliphatic rings. The van der Waals surface area contributed by atoms with E-state index in [0.717, 1.165) is 10.9 Å². The molecular weight excluding hydrogens is 206 g/mol. The van der Waals surface area contributed by atoms with Crippen LogP contribution >= 0.6 is 23.1 Å². The second-order valence-corrected chi connectivity index (χ2v) is 3.80. The predicted molar refractivity (Wildman–Crippen MR) is 55.6 cm³/mol. The summed E-state index contributed by atoms with van der Waals surface area (Å²) in [5, 5.41) is 8.80. The first-order chi connectivity index (χ1) is 6.18. The first kappa shape index (κ1) is 8.47. The molecule has 1 aromatic carbocycles. The number of benzene rings is 1. The quantitative estimate of drug-likeness (QED) is 0.561. The molecule has 3 nitrogen and oxygen atoms in total. The molecule has 0 fully saturated rings. The van der Waals surface area contributed by atoms with Crippen molar-refractivity contribution < 1.29 is 0 Å². The molecule has 0 amide bonds. The van der Waals surface area contributed by atoms with Crippen molar-refractivity contribution in [1.29, 1.82) is 5.41 Å². The second-order valence-electron chi connectivity index (χ2n) is 2.59. The van der Waals surface area contributed by atoms with Gasteiger partial charge in [0.1, 0.15) is 5.84 Å². The zero-order chi connectivity index (χ0) is 9.42. The molecule has 0 saturated heterocycles. The van der Waals surface area contributed by atoms with Crippen LogP contribution in [-0.4, -0.2) is 10.2 Å². The molecule has 66 valence electrons. The maximum absolute atomic E-state index is 7.31. The molecule has 0 atom stereocenters. The van der Waals surface area contributed by atoms with Crippen LogP contribution in [0.2, 0.25) is 5.02 Å². The third kappa shape index (κ3) is 1.38. The van der Waals surface area contributed by atoms with Crippen LogP contribution in [0.15, 0.2) is 18.2 Å². The van der Waals surface area contributed by atoms with Crippen molar-refractivity contribution in [2.45, 2.75) is 0 Å². The third-order valence-electron chi connectivity index (χ3n) is 1.68. The Morgan fingerprint density at radius 1 is 1.54 bits per heavy atom. The summed E-state index contributed by atoms with van der Waals surface area (Å²) in [5.41, 5.74) is 6.22. The Labute approximate surface area is 83.8 Å². The van der Waals surface area contributed by atoms with Crippen molar-refractivity contribution in [2.75, 3.05) is 0 Å². The molecule has 0 aliphatic heterocycles. The Morgan fingerprint density at radius 2 is 2.31 bits per heavy atom. The van der Waals surface area contributed by atoms with Gasteiger partial charge in [-0.1, -0.05) is 11.6 Å². The lowest BCUT2D eigenvalue weighted by Crippen LogP contribution is -2.08. The Kier molecular flexibility index (Phi) is 1.94. The van der Waals surface area contributed by atoms with Gasteiger partial charge in [0.2, 0.25) is 0 Å². The number of hydrogen-bond acceptors (Lipinski definition) is 3. The summed E-state index contributed by atoms with van der Waals surface area (Å²) in [6.45, 7) is 0. The number of rotatable bonds is 1. The molecule has 3 N–H and O–H groups in total. The molecule has 1 aromatic heterocycles. The standard InChI is InChI=1S/C8H6ClN3S/c9-4-1-2-6-5(3-4)7(8(10)11)13-12-6/h1-3H,(H3,10,11). The van der Waals surface area contributed by atoms with E-state index in [9.17, 15) is 0 Å². The molecule has 0 radical (unpaired) electrons. The predicted octanol–water partition coefficient (Wildman–Crippen LogP) is 2.23. The van der Waals surface area contributed by atoms with Crippen LogP contribution in [0.4, 0.5) is 0 Å². The van der Waals surface area contributed by atoms with Crippen molar-refractivity contribution in [2.24, 2.45) is 5.73 Å². The van der Waals surface area contributed by atoms with Crippen LogP contribution in [0.3, 0.4) is 0 Å². The van der Waals surface area contributed by atoms with Crippen LogP contribution in [0.1, 0.15) is 4.88 Å². The average molecular weight is 212 g/mol. The number of nitrogens with zero attached hydrogens (tertiary/aromatic N) is 1. The topological polar surface area (TPSA) is 62.8 Å². The highest BCUT2D eigenvalue weighted by molar-refractivity contribution is 7.09. The summed E-state index contributed by atoms with van der Waals surface area (Å²) in [6, 6.07) is 5.37. The smallest absolute Gasteiger partial charge is 0.135 e. The van der Waals surface area contributed by atoms with E-state index in [1.54, 1.807) is 12.1 Å². The molecule has 0 saturated carbocycles. The van der Waals surface area contributed by atoms with Gasteiger partial charge in [-0.3, -0.25) is 5.41 Å².